The van der Waals surface area contributed by atoms with Crippen LogP contribution in [0.3, 0.4) is 0 Å². The molecular formula is C19H22FN5O. The number of aryl methyl sites for hydroxylation is 1. The topological polar surface area (TPSA) is 64.7 Å². The Morgan fingerprint density at radius 3 is 2.62 bits per heavy atom. The quantitative estimate of drug-likeness (QED) is 0.739. The van der Waals surface area contributed by atoms with Gasteiger partial charge in [-0.1, -0.05) is 6.92 Å². The van der Waals surface area contributed by atoms with Crippen molar-refractivity contribution in [2.45, 2.75) is 39.8 Å². The van der Waals surface area contributed by atoms with Gasteiger partial charge in [-0.25, -0.2) is 9.07 Å². The van der Waals surface area contributed by atoms with Crippen LogP contribution in [0.4, 0.5) is 4.39 Å². The van der Waals surface area contributed by atoms with E-state index in [-0.39, 0.29) is 17.8 Å². The minimum atomic E-state index is -0.335. The monoisotopic (exact) mass is 355 g/mol. The van der Waals surface area contributed by atoms with E-state index in [0.717, 1.165) is 22.6 Å². The van der Waals surface area contributed by atoms with Crippen molar-refractivity contribution in [1.29, 1.82) is 0 Å². The molecule has 6 nitrogen and oxygen atoms in total. The summed E-state index contributed by atoms with van der Waals surface area (Å²) in [6, 6.07) is 7.64. The van der Waals surface area contributed by atoms with Gasteiger partial charge in [-0.2, -0.15) is 10.2 Å². The summed E-state index contributed by atoms with van der Waals surface area (Å²) in [5.41, 5.74) is 3.49. The first-order chi connectivity index (χ1) is 12.5. The Morgan fingerprint density at radius 1 is 1.27 bits per heavy atom. The van der Waals surface area contributed by atoms with E-state index in [1.54, 1.807) is 40.0 Å². The Hall–Kier alpha value is -2.96. The molecule has 0 saturated carbocycles. The first-order valence-corrected chi connectivity index (χ1v) is 8.59. The summed E-state index contributed by atoms with van der Waals surface area (Å²) in [7, 11) is 0. The Kier molecular flexibility index (Phi) is 5.16. The molecule has 7 heteroatoms. The number of halogens is 1. The lowest BCUT2D eigenvalue weighted by Gasteiger charge is -2.15. The summed E-state index contributed by atoms with van der Waals surface area (Å²) in [6.45, 7) is 6.18. The normalized spacial score (nSPS) is 12.2. The van der Waals surface area contributed by atoms with Crippen LogP contribution >= 0.6 is 0 Å². The average Bonchev–Trinajstić information content (AvgIpc) is 3.24. The summed E-state index contributed by atoms with van der Waals surface area (Å²) in [6.07, 6.45) is 4.11. The van der Waals surface area contributed by atoms with Gasteiger partial charge in [0, 0.05) is 30.2 Å². The SMILES string of the molecule is CC[C@H](C(=O)NCc1c(C)nn(-c2ccc(F)cc2)c1C)n1cccn1. The molecule has 0 aliphatic carbocycles. The predicted octanol–water partition coefficient (Wildman–Crippen LogP) is 3.09. The fourth-order valence-corrected chi connectivity index (χ4v) is 3.02. The first kappa shape index (κ1) is 17.8. The molecule has 3 rings (SSSR count). The standard InChI is InChI=1S/C19H22FN5O/c1-4-18(24-11-5-10-22-24)19(26)21-12-17-13(2)23-25(14(17)3)16-8-6-15(20)7-9-16/h5-11,18H,4,12H2,1-3H3,(H,21,26)/t18-/m1/s1. The molecule has 3 aromatic rings. The lowest BCUT2D eigenvalue weighted by molar-refractivity contribution is -0.124. The number of nitrogens with zero attached hydrogens (tertiary/aromatic N) is 4. The summed E-state index contributed by atoms with van der Waals surface area (Å²) in [5, 5.41) is 11.7. The largest absolute Gasteiger partial charge is 0.350 e. The highest BCUT2D eigenvalue weighted by Crippen LogP contribution is 2.19. The van der Waals surface area contributed by atoms with Crippen molar-refractivity contribution in [1.82, 2.24) is 24.9 Å². The first-order valence-electron chi connectivity index (χ1n) is 8.59. The maximum atomic E-state index is 13.1. The molecule has 1 N–H and O–H groups in total. The van der Waals surface area contributed by atoms with Crippen molar-refractivity contribution >= 4 is 5.91 Å². The number of hydrogen-bond acceptors (Lipinski definition) is 3. The third kappa shape index (κ3) is 3.51. The van der Waals surface area contributed by atoms with Gasteiger partial charge in [0.25, 0.3) is 0 Å². The Balaban J connectivity index is 1.76. The third-order valence-corrected chi connectivity index (χ3v) is 4.49. The van der Waals surface area contributed by atoms with Crippen molar-refractivity contribution in [3.63, 3.8) is 0 Å². The molecule has 1 aromatic carbocycles. The fourth-order valence-electron chi connectivity index (χ4n) is 3.02. The fraction of sp³-hybridized carbons (Fsp3) is 0.316. The van der Waals surface area contributed by atoms with Gasteiger partial charge in [0.15, 0.2) is 0 Å². The van der Waals surface area contributed by atoms with E-state index in [4.69, 9.17) is 0 Å². The summed E-state index contributed by atoms with van der Waals surface area (Å²) in [4.78, 5) is 12.5. The number of amides is 1. The van der Waals surface area contributed by atoms with E-state index >= 15 is 0 Å². The zero-order valence-electron chi connectivity index (χ0n) is 15.1. The summed E-state index contributed by atoms with van der Waals surface area (Å²) >= 11 is 0. The van der Waals surface area contributed by atoms with E-state index in [2.05, 4.69) is 15.5 Å². The maximum Gasteiger partial charge on any atom is 0.245 e. The summed E-state index contributed by atoms with van der Waals surface area (Å²) in [5.74, 6) is -0.364. The average molecular weight is 355 g/mol. The van der Waals surface area contributed by atoms with Gasteiger partial charge in [-0.05, 0) is 50.6 Å². The highest BCUT2D eigenvalue weighted by Gasteiger charge is 2.20. The number of aromatic nitrogens is 4. The highest BCUT2D eigenvalue weighted by atomic mass is 19.1. The van der Waals surface area contributed by atoms with Gasteiger partial charge >= 0.3 is 0 Å². The van der Waals surface area contributed by atoms with Crippen molar-refractivity contribution < 1.29 is 9.18 Å². The molecule has 0 spiro atoms. The number of benzene rings is 1. The van der Waals surface area contributed by atoms with Crippen LogP contribution in [0, 0.1) is 19.7 Å². The number of carbonyl (C=O) groups excluding carboxylic acids is 1. The van der Waals surface area contributed by atoms with Gasteiger partial charge < -0.3 is 5.32 Å². The van der Waals surface area contributed by atoms with Gasteiger partial charge in [0.1, 0.15) is 11.9 Å². The van der Waals surface area contributed by atoms with Gasteiger partial charge in [0.05, 0.1) is 11.4 Å². The van der Waals surface area contributed by atoms with Gasteiger partial charge in [-0.3, -0.25) is 9.48 Å². The lowest BCUT2D eigenvalue weighted by atomic mass is 10.1. The van der Waals surface area contributed by atoms with E-state index in [1.165, 1.54) is 12.1 Å². The highest BCUT2D eigenvalue weighted by molar-refractivity contribution is 5.80. The molecule has 0 aliphatic rings. The summed E-state index contributed by atoms with van der Waals surface area (Å²) < 4.78 is 16.6. The second kappa shape index (κ2) is 7.51. The predicted molar refractivity (Wildman–Crippen MR) is 96.4 cm³/mol. The maximum absolute atomic E-state index is 13.1. The second-order valence-corrected chi connectivity index (χ2v) is 6.17. The molecule has 0 aliphatic heterocycles. The molecule has 0 radical (unpaired) electrons. The Bertz CT molecular complexity index is 884. The minimum Gasteiger partial charge on any atom is -0.350 e. The zero-order valence-corrected chi connectivity index (χ0v) is 15.1. The Labute approximate surface area is 151 Å². The number of nitrogens with one attached hydrogen (secondary N) is 1. The van der Waals surface area contributed by atoms with Crippen molar-refractivity contribution in [2.75, 3.05) is 0 Å². The van der Waals surface area contributed by atoms with Crippen molar-refractivity contribution in [3.8, 4) is 5.69 Å². The second-order valence-electron chi connectivity index (χ2n) is 6.17. The van der Waals surface area contributed by atoms with E-state index in [1.807, 2.05) is 20.8 Å². The Morgan fingerprint density at radius 2 is 2.00 bits per heavy atom. The molecule has 0 bridgehead atoms. The molecule has 0 fully saturated rings. The van der Waals surface area contributed by atoms with Crippen LogP contribution < -0.4 is 5.32 Å². The third-order valence-electron chi connectivity index (χ3n) is 4.49. The van der Waals surface area contributed by atoms with E-state index in [9.17, 15) is 9.18 Å². The molecule has 2 aromatic heterocycles. The van der Waals surface area contributed by atoms with Crippen LogP contribution in [-0.2, 0) is 11.3 Å². The van der Waals surface area contributed by atoms with Crippen LogP contribution in [0.25, 0.3) is 5.69 Å². The van der Waals surface area contributed by atoms with Gasteiger partial charge in [0.2, 0.25) is 5.91 Å². The van der Waals surface area contributed by atoms with Crippen LogP contribution in [0.2, 0.25) is 0 Å². The van der Waals surface area contributed by atoms with E-state index < -0.39 is 0 Å². The molecular weight excluding hydrogens is 333 g/mol. The molecule has 1 atom stereocenters. The van der Waals surface area contributed by atoms with Crippen LogP contribution in [-0.4, -0.2) is 25.5 Å². The molecule has 2 heterocycles. The number of hydrogen-bond donors (Lipinski definition) is 1. The zero-order chi connectivity index (χ0) is 18.7. The molecule has 26 heavy (non-hydrogen) atoms. The van der Waals surface area contributed by atoms with E-state index in [0.29, 0.717) is 13.0 Å². The molecule has 0 saturated heterocycles. The van der Waals surface area contributed by atoms with Crippen LogP contribution in [0.1, 0.15) is 36.3 Å². The number of rotatable bonds is 6. The van der Waals surface area contributed by atoms with Crippen molar-refractivity contribution in [2.24, 2.45) is 0 Å². The van der Waals surface area contributed by atoms with Crippen LogP contribution in [0.15, 0.2) is 42.7 Å². The van der Waals surface area contributed by atoms with Crippen LogP contribution in [0.5, 0.6) is 0 Å². The van der Waals surface area contributed by atoms with Crippen molar-refractivity contribution in [3.05, 3.63) is 65.5 Å². The molecule has 1 amide bonds. The number of carbonyl (C=O) groups is 1. The minimum absolute atomic E-state index is 0.0791. The molecule has 136 valence electrons. The van der Waals surface area contributed by atoms with Gasteiger partial charge in [-0.15, -0.1) is 0 Å². The molecule has 0 unspecified atom stereocenters. The lowest BCUT2D eigenvalue weighted by Crippen LogP contribution is -2.32. The smallest absolute Gasteiger partial charge is 0.245 e.